The van der Waals surface area contributed by atoms with Crippen LogP contribution in [0.5, 0.6) is 11.5 Å². The van der Waals surface area contributed by atoms with E-state index < -0.39 is 0 Å². The molecular formula is C23H23NO3. The minimum Gasteiger partial charge on any atom is -0.492 e. The van der Waals surface area contributed by atoms with E-state index in [1.807, 2.05) is 85.8 Å². The van der Waals surface area contributed by atoms with E-state index in [2.05, 4.69) is 5.32 Å². The van der Waals surface area contributed by atoms with Crippen molar-refractivity contribution in [2.45, 2.75) is 6.92 Å². The van der Waals surface area contributed by atoms with Crippen LogP contribution in [0, 0.1) is 6.92 Å². The quantitative estimate of drug-likeness (QED) is 0.611. The molecule has 0 bridgehead atoms. The number of hydrogen-bond acceptors (Lipinski definition) is 3. The van der Waals surface area contributed by atoms with Crippen molar-refractivity contribution in [3.63, 3.8) is 0 Å². The van der Waals surface area contributed by atoms with Gasteiger partial charge in [0.05, 0.1) is 6.54 Å². The van der Waals surface area contributed by atoms with E-state index in [-0.39, 0.29) is 12.5 Å². The van der Waals surface area contributed by atoms with Crippen LogP contribution < -0.4 is 14.8 Å². The molecule has 0 heterocycles. The van der Waals surface area contributed by atoms with Gasteiger partial charge in [0.25, 0.3) is 5.91 Å². The van der Waals surface area contributed by atoms with Gasteiger partial charge in [-0.2, -0.15) is 0 Å². The number of carbonyl (C=O) groups is 1. The third-order valence-electron chi connectivity index (χ3n) is 4.01. The van der Waals surface area contributed by atoms with Crippen molar-refractivity contribution in [3.05, 3.63) is 84.4 Å². The summed E-state index contributed by atoms with van der Waals surface area (Å²) in [5.74, 6) is 1.32. The van der Waals surface area contributed by atoms with E-state index in [1.54, 1.807) is 0 Å². The van der Waals surface area contributed by atoms with Gasteiger partial charge in [-0.05, 0) is 36.2 Å². The first-order valence-electron chi connectivity index (χ1n) is 8.96. The molecule has 0 aliphatic rings. The van der Waals surface area contributed by atoms with Crippen molar-refractivity contribution in [2.75, 3.05) is 19.8 Å². The fourth-order valence-electron chi connectivity index (χ4n) is 2.71. The van der Waals surface area contributed by atoms with Gasteiger partial charge in [0.1, 0.15) is 18.1 Å². The zero-order valence-electron chi connectivity index (χ0n) is 15.4. The second-order valence-corrected chi connectivity index (χ2v) is 6.17. The summed E-state index contributed by atoms with van der Waals surface area (Å²) >= 11 is 0. The highest BCUT2D eigenvalue weighted by Crippen LogP contribution is 2.29. The Hall–Kier alpha value is -3.27. The van der Waals surface area contributed by atoms with Crippen LogP contribution in [0.2, 0.25) is 0 Å². The summed E-state index contributed by atoms with van der Waals surface area (Å²) in [5.41, 5.74) is 3.16. The number of carbonyl (C=O) groups excluding carboxylic acids is 1. The lowest BCUT2D eigenvalue weighted by molar-refractivity contribution is -0.123. The Labute approximate surface area is 159 Å². The van der Waals surface area contributed by atoms with Crippen LogP contribution in [0.4, 0.5) is 0 Å². The molecule has 3 rings (SSSR count). The molecule has 0 radical (unpaired) electrons. The standard InChI is InChI=1S/C23H23NO3/c1-18-8-7-11-20(16-18)26-15-14-24-23(25)17-27-22-13-6-5-12-21(22)19-9-3-2-4-10-19/h2-13,16H,14-15,17H2,1H3,(H,24,25). The maximum Gasteiger partial charge on any atom is 0.258 e. The van der Waals surface area contributed by atoms with Crippen LogP contribution in [0.15, 0.2) is 78.9 Å². The second kappa shape index (κ2) is 9.43. The molecule has 4 heteroatoms. The number of benzene rings is 3. The predicted octanol–water partition coefficient (Wildman–Crippen LogP) is 4.24. The number of aryl methyl sites for hydroxylation is 1. The number of nitrogens with one attached hydrogen (secondary N) is 1. The monoisotopic (exact) mass is 361 g/mol. The van der Waals surface area contributed by atoms with E-state index in [4.69, 9.17) is 9.47 Å². The van der Waals surface area contributed by atoms with E-state index in [9.17, 15) is 4.79 Å². The maximum atomic E-state index is 12.0. The van der Waals surface area contributed by atoms with Crippen molar-refractivity contribution in [2.24, 2.45) is 0 Å². The Bertz CT molecular complexity index is 878. The first kappa shape index (κ1) is 18.5. The first-order chi connectivity index (χ1) is 13.2. The number of rotatable bonds is 8. The fourth-order valence-corrected chi connectivity index (χ4v) is 2.71. The lowest BCUT2D eigenvalue weighted by Gasteiger charge is -2.12. The average molecular weight is 361 g/mol. The summed E-state index contributed by atoms with van der Waals surface area (Å²) in [5, 5.41) is 2.81. The summed E-state index contributed by atoms with van der Waals surface area (Å²) in [6.07, 6.45) is 0. The second-order valence-electron chi connectivity index (χ2n) is 6.17. The van der Waals surface area contributed by atoms with E-state index in [0.717, 1.165) is 22.4 Å². The smallest absolute Gasteiger partial charge is 0.258 e. The molecule has 0 unspecified atom stereocenters. The third-order valence-corrected chi connectivity index (χ3v) is 4.01. The van der Waals surface area contributed by atoms with Gasteiger partial charge < -0.3 is 14.8 Å². The van der Waals surface area contributed by atoms with Crippen LogP contribution in [0.25, 0.3) is 11.1 Å². The number of para-hydroxylation sites is 1. The molecule has 3 aromatic carbocycles. The van der Waals surface area contributed by atoms with Gasteiger partial charge in [-0.15, -0.1) is 0 Å². The molecule has 0 spiro atoms. The molecule has 4 nitrogen and oxygen atoms in total. The predicted molar refractivity (Wildman–Crippen MR) is 107 cm³/mol. The van der Waals surface area contributed by atoms with Crippen LogP contribution in [-0.4, -0.2) is 25.7 Å². The van der Waals surface area contributed by atoms with Crippen molar-refractivity contribution < 1.29 is 14.3 Å². The summed E-state index contributed by atoms with van der Waals surface area (Å²) in [6, 6.07) is 25.5. The maximum absolute atomic E-state index is 12.0. The first-order valence-corrected chi connectivity index (χ1v) is 8.96. The average Bonchev–Trinajstić information content (AvgIpc) is 2.71. The summed E-state index contributed by atoms with van der Waals surface area (Å²) < 4.78 is 11.4. The largest absolute Gasteiger partial charge is 0.492 e. The molecular weight excluding hydrogens is 338 g/mol. The minimum atomic E-state index is -0.175. The molecule has 27 heavy (non-hydrogen) atoms. The lowest BCUT2D eigenvalue weighted by Crippen LogP contribution is -2.32. The molecule has 1 N–H and O–H groups in total. The van der Waals surface area contributed by atoms with Gasteiger partial charge in [-0.25, -0.2) is 0 Å². The molecule has 0 aliphatic carbocycles. The lowest BCUT2D eigenvalue weighted by atomic mass is 10.1. The number of ether oxygens (including phenoxy) is 2. The molecule has 0 saturated carbocycles. The highest BCUT2D eigenvalue weighted by atomic mass is 16.5. The summed E-state index contributed by atoms with van der Waals surface area (Å²) in [6.45, 7) is 2.82. The Morgan fingerprint density at radius 3 is 2.48 bits per heavy atom. The van der Waals surface area contributed by atoms with Crippen LogP contribution >= 0.6 is 0 Å². The number of hydrogen-bond donors (Lipinski definition) is 1. The van der Waals surface area contributed by atoms with Crippen LogP contribution in [-0.2, 0) is 4.79 Å². The van der Waals surface area contributed by atoms with Gasteiger partial charge in [0, 0.05) is 5.56 Å². The minimum absolute atomic E-state index is 0.0334. The van der Waals surface area contributed by atoms with Crippen molar-refractivity contribution in [1.29, 1.82) is 0 Å². The fraction of sp³-hybridized carbons (Fsp3) is 0.174. The van der Waals surface area contributed by atoms with Gasteiger partial charge in [0.2, 0.25) is 0 Å². The summed E-state index contributed by atoms with van der Waals surface area (Å²) in [7, 11) is 0. The van der Waals surface area contributed by atoms with E-state index in [1.165, 1.54) is 0 Å². The highest BCUT2D eigenvalue weighted by molar-refractivity contribution is 5.78. The topological polar surface area (TPSA) is 47.6 Å². The molecule has 3 aromatic rings. The molecule has 0 fully saturated rings. The van der Waals surface area contributed by atoms with Gasteiger partial charge in [-0.3, -0.25) is 4.79 Å². The third kappa shape index (κ3) is 5.61. The van der Waals surface area contributed by atoms with Gasteiger partial charge in [0.15, 0.2) is 6.61 Å². The van der Waals surface area contributed by atoms with Gasteiger partial charge in [-0.1, -0.05) is 60.7 Å². The molecule has 1 amide bonds. The van der Waals surface area contributed by atoms with Crippen molar-refractivity contribution >= 4 is 5.91 Å². The molecule has 0 saturated heterocycles. The molecule has 0 aliphatic heterocycles. The highest BCUT2D eigenvalue weighted by Gasteiger charge is 2.08. The Morgan fingerprint density at radius 2 is 1.67 bits per heavy atom. The van der Waals surface area contributed by atoms with E-state index in [0.29, 0.717) is 18.9 Å². The normalized spacial score (nSPS) is 10.3. The molecule has 0 atom stereocenters. The Morgan fingerprint density at radius 1 is 0.889 bits per heavy atom. The van der Waals surface area contributed by atoms with Crippen molar-refractivity contribution in [3.8, 4) is 22.6 Å². The molecule has 0 aromatic heterocycles. The summed E-state index contributed by atoms with van der Waals surface area (Å²) in [4.78, 5) is 12.0. The Balaban J connectivity index is 1.46. The zero-order valence-corrected chi connectivity index (χ0v) is 15.4. The number of amides is 1. The van der Waals surface area contributed by atoms with Crippen LogP contribution in [0.3, 0.4) is 0 Å². The SMILES string of the molecule is Cc1cccc(OCCNC(=O)COc2ccccc2-c2ccccc2)c1. The Kier molecular flexibility index (Phi) is 6.47. The van der Waals surface area contributed by atoms with Gasteiger partial charge >= 0.3 is 0 Å². The van der Waals surface area contributed by atoms with E-state index >= 15 is 0 Å². The van der Waals surface area contributed by atoms with Crippen LogP contribution in [0.1, 0.15) is 5.56 Å². The molecule has 138 valence electrons. The zero-order chi connectivity index (χ0) is 18.9. The van der Waals surface area contributed by atoms with Crippen molar-refractivity contribution in [1.82, 2.24) is 5.32 Å².